The van der Waals surface area contributed by atoms with E-state index >= 15 is 0 Å². The number of carbonyl (C=O) groups excluding carboxylic acids is 1. The van der Waals surface area contributed by atoms with Crippen LogP contribution in [0.15, 0.2) is 42.5 Å². The van der Waals surface area contributed by atoms with Crippen molar-refractivity contribution in [3.8, 4) is 0 Å². The monoisotopic (exact) mass is 349 g/mol. The molecule has 0 saturated carbocycles. The fraction of sp³-hybridized carbons (Fsp3) is 0.188. The molecular formula is C16H17ClFN5O. The second-order valence-electron chi connectivity index (χ2n) is 5.47. The van der Waals surface area contributed by atoms with E-state index in [1.807, 2.05) is 13.0 Å². The summed E-state index contributed by atoms with van der Waals surface area (Å²) in [5.74, 6) is -0.556. The van der Waals surface area contributed by atoms with E-state index in [0.29, 0.717) is 16.4 Å². The molecule has 2 aromatic carbocycles. The zero-order chi connectivity index (χ0) is 17.1. The van der Waals surface area contributed by atoms with Gasteiger partial charge in [0.05, 0.1) is 0 Å². The number of rotatable bonds is 4. The second-order valence-corrected chi connectivity index (χ2v) is 5.91. The number of carbonyl (C=O) groups is 1. The van der Waals surface area contributed by atoms with Crippen molar-refractivity contribution in [3.63, 3.8) is 0 Å². The minimum Gasteiger partial charge on any atom is -0.367 e. The molecule has 0 bridgehead atoms. The van der Waals surface area contributed by atoms with Crippen molar-refractivity contribution in [2.75, 3.05) is 10.6 Å². The van der Waals surface area contributed by atoms with Gasteiger partial charge in [0.15, 0.2) is 0 Å². The molecule has 2 unspecified atom stereocenters. The van der Waals surface area contributed by atoms with Gasteiger partial charge in [0.1, 0.15) is 18.0 Å². The van der Waals surface area contributed by atoms with Gasteiger partial charge in [0.25, 0.3) is 0 Å². The van der Waals surface area contributed by atoms with Gasteiger partial charge in [-0.3, -0.25) is 4.79 Å². The molecule has 0 aliphatic carbocycles. The molecule has 126 valence electrons. The van der Waals surface area contributed by atoms with Gasteiger partial charge in [-0.25, -0.2) is 15.2 Å². The quantitative estimate of drug-likeness (QED) is 0.584. The molecule has 1 aliphatic rings. The molecule has 6 nitrogen and oxygen atoms in total. The van der Waals surface area contributed by atoms with Crippen molar-refractivity contribution in [1.82, 2.24) is 16.4 Å². The predicted octanol–water partition coefficient (Wildman–Crippen LogP) is 2.15. The van der Waals surface area contributed by atoms with Crippen LogP contribution in [0.3, 0.4) is 0 Å². The van der Waals surface area contributed by atoms with Crippen LogP contribution >= 0.6 is 11.6 Å². The van der Waals surface area contributed by atoms with Crippen LogP contribution in [0.1, 0.15) is 5.56 Å². The average Bonchev–Trinajstić information content (AvgIpc) is 3.01. The summed E-state index contributed by atoms with van der Waals surface area (Å²) in [6.07, 6.45) is -0.421. The highest BCUT2D eigenvalue weighted by molar-refractivity contribution is 6.31. The normalized spacial score (nSPS) is 20.0. The third-order valence-electron chi connectivity index (χ3n) is 3.70. The van der Waals surface area contributed by atoms with Crippen LogP contribution in [0.4, 0.5) is 15.8 Å². The Labute approximate surface area is 143 Å². The van der Waals surface area contributed by atoms with Gasteiger partial charge >= 0.3 is 0 Å². The Bertz CT molecular complexity index is 740. The van der Waals surface area contributed by atoms with E-state index in [1.165, 1.54) is 12.1 Å². The molecular weight excluding hydrogens is 333 g/mol. The summed E-state index contributed by atoms with van der Waals surface area (Å²) < 4.78 is 13.0. The summed E-state index contributed by atoms with van der Waals surface area (Å²) in [4.78, 5) is 12.5. The molecule has 0 radical (unpaired) electrons. The highest BCUT2D eigenvalue weighted by atomic mass is 35.5. The Hall–Kier alpha value is -2.19. The molecule has 1 heterocycles. The first kappa shape index (κ1) is 16.7. The lowest BCUT2D eigenvalue weighted by Gasteiger charge is -2.20. The maximum absolute atomic E-state index is 13.0. The third kappa shape index (κ3) is 3.82. The van der Waals surface area contributed by atoms with Crippen LogP contribution in [0, 0.1) is 12.7 Å². The Morgan fingerprint density at radius 2 is 1.92 bits per heavy atom. The van der Waals surface area contributed by atoms with Crippen molar-refractivity contribution in [1.29, 1.82) is 0 Å². The van der Waals surface area contributed by atoms with E-state index in [0.717, 1.165) is 5.56 Å². The average molecular weight is 350 g/mol. The summed E-state index contributed by atoms with van der Waals surface area (Å²) in [6, 6.07) is 10.6. The van der Waals surface area contributed by atoms with Crippen molar-refractivity contribution in [2.24, 2.45) is 0 Å². The van der Waals surface area contributed by atoms with E-state index in [2.05, 4.69) is 27.0 Å². The van der Waals surface area contributed by atoms with Crippen molar-refractivity contribution in [2.45, 2.75) is 19.1 Å². The first-order valence-electron chi connectivity index (χ1n) is 7.38. The molecule has 2 aromatic rings. The maximum atomic E-state index is 13.0. The third-order valence-corrected chi connectivity index (χ3v) is 3.93. The van der Waals surface area contributed by atoms with E-state index in [4.69, 9.17) is 11.6 Å². The molecule has 1 aliphatic heterocycles. The molecule has 1 amide bonds. The van der Waals surface area contributed by atoms with Crippen LogP contribution in [0.5, 0.6) is 0 Å². The van der Waals surface area contributed by atoms with Gasteiger partial charge in [-0.2, -0.15) is 5.53 Å². The van der Waals surface area contributed by atoms with Gasteiger partial charge in [-0.1, -0.05) is 17.7 Å². The largest absolute Gasteiger partial charge is 0.367 e. The minimum atomic E-state index is -0.589. The topological polar surface area (TPSA) is 77.2 Å². The van der Waals surface area contributed by atoms with Crippen LogP contribution in [-0.4, -0.2) is 18.1 Å². The number of anilines is 2. The minimum absolute atomic E-state index is 0.238. The molecule has 5 N–H and O–H groups in total. The molecule has 3 rings (SSSR count). The molecule has 8 heteroatoms. The number of hydrogen-bond acceptors (Lipinski definition) is 5. The number of hydrazine groups is 2. The maximum Gasteiger partial charge on any atom is 0.246 e. The van der Waals surface area contributed by atoms with E-state index in [1.54, 1.807) is 24.3 Å². The smallest absolute Gasteiger partial charge is 0.246 e. The zero-order valence-electron chi connectivity index (χ0n) is 12.9. The lowest BCUT2D eigenvalue weighted by Crippen LogP contribution is -2.48. The highest BCUT2D eigenvalue weighted by Crippen LogP contribution is 2.21. The highest BCUT2D eigenvalue weighted by Gasteiger charge is 2.33. The summed E-state index contributed by atoms with van der Waals surface area (Å²) >= 11 is 5.97. The van der Waals surface area contributed by atoms with E-state index in [9.17, 15) is 9.18 Å². The molecule has 1 fully saturated rings. The van der Waals surface area contributed by atoms with E-state index < -0.39 is 12.2 Å². The standard InChI is InChI=1S/C16H17ClFN5O/c1-9-2-3-10(17)8-13(9)20-16(24)14-15(22-23-21-14)19-12-6-4-11(18)5-7-12/h2-8,14-15,19,21-23H,1H3,(H,20,24). The van der Waals surface area contributed by atoms with Crippen LogP contribution in [0.2, 0.25) is 5.02 Å². The van der Waals surface area contributed by atoms with Crippen molar-refractivity contribution >= 4 is 28.9 Å². The lowest BCUT2D eigenvalue weighted by molar-refractivity contribution is -0.118. The zero-order valence-corrected chi connectivity index (χ0v) is 13.6. The summed E-state index contributed by atoms with van der Waals surface area (Å²) in [5, 5.41) is 6.52. The SMILES string of the molecule is Cc1ccc(Cl)cc1NC(=O)C1NNNC1Nc1ccc(F)cc1. The lowest BCUT2D eigenvalue weighted by atomic mass is 10.1. The van der Waals surface area contributed by atoms with Gasteiger partial charge in [0, 0.05) is 16.4 Å². The van der Waals surface area contributed by atoms with Gasteiger partial charge in [-0.05, 0) is 48.9 Å². The number of aryl methyl sites for hydroxylation is 1. The summed E-state index contributed by atoms with van der Waals surface area (Å²) in [7, 11) is 0. The molecule has 1 saturated heterocycles. The van der Waals surface area contributed by atoms with Crippen molar-refractivity contribution in [3.05, 3.63) is 58.9 Å². The number of halogens is 2. The first-order chi connectivity index (χ1) is 11.5. The summed E-state index contributed by atoms with van der Waals surface area (Å²) in [6.45, 7) is 1.89. The molecule has 2 atom stereocenters. The van der Waals surface area contributed by atoms with Gasteiger partial charge in [0.2, 0.25) is 5.91 Å². The van der Waals surface area contributed by atoms with Crippen molar-refractivity contribution < 1.29 is 9.18 Å². The van der Waals surface area contributed by atoms with Crippen LogP contribution in [-0.2, 0) is 4.79 Å². The fourth-order valence-corrected chi connectivity index (χ4v) is 2.54. The molecule has 0 aromatic heterocycles. The molecule has 24 heavy (non-hydrogen) atoms. The Balaban J connectivity index is 1.69. The second kappa shape index (κ2) is 7.14. The Morgan fingerprint density at radius 1 is 1.17 bits per heavy atom. The van der Waals surface area contributed by atoms with Crippen LogP contribution in [0.25, 0.3) is 0 Å². The van der Waals surface area contributed by atoms with Gasteiger partial charge < -0.3 is 10.6 Å². The first-order valence-corrected chi connectivity index (χ1v) is 7.76. The summed E-state index contributed by atoms with van der Waals surface area (Å²) in [5.41, 5.74) is 10.7. The number of benzene rings is 2. The Kier molecular flexibility index (Phi) is 4.96. The fourth-order valence-electron chi connectivity index (χ4n) is 2.37. The number of amides is 1. The predicted molar refractivity (Wildman–Crippen MR) is 91.8 cm³/mol. The number of hydrogen-bond donors (Lipinski definition) is 5. The van der Waals surface area contributed by atoms with E-state index in [-0.39, 0.29) is 11.7 Å². The van der Waals surface area contributed by atoms with Gasteiger partial charge in [-0.15, -0.1) is 0 Å². The molecule has 0 spiro atoms. The Morgan fingerprint density at radius 3 is 2.67 bits per heavy atom. The van der Waals surface area contributed by atoms with Crippen LogP contribution < -0.4 is 27.0 Å². The number of nitrogens with one attached hydrogen (secondary N) is 5.